The number of aliphatic hydroxyl groups is 2. The van der Waals surface area contributed by atoms with Crippen LogP contribution in [0.5, 0.6) is 0 Å². The summed E-state index contributed by atoms with van der Waals surface area (Å²) < 4.78 is 0.874. The normalized spacial score (nSPS) is 12.4. The molecule has 0 spiro atoms. The highest BCUT2D eigenvalue weighted by atomic mass is 16.6. The maximum Gasteiger partial charge on any atom is 0.348 e. The van der Waals surface area contributed by atoms with Crippen molar-refractivity contribution in [3.8, 4) is 0 Å². The van der Waals surface area contributed by atoms with Crippen molar-refractivity contribution < 1.29 is 15.1 Å². The topological polar surface area (TPSA) is 118 Å². The van der Waals surface area contributed by atoms with Crippen LogP contribution in [-0.2, 0) is 6.54 Å². The summed E-state index contributed by atoms with van der Waals surface area (Å²) in [6, 6.07) is 0. The molecular formula is C7H9N3O5. The van der Waals surface area contributed by atoms with Crippen molar-refractivity contribution in [1.29, 1.82) is 0 Å². The van der Waals surface area contributed by atoms with Crippen LogP contribution in [0.2, 0.25) is 0 Å². The fraction of sp³-hybridized carbons (Fsp3) is 0.429. The van der Waals surface area contributed by atoms with Gasteiger partial charge in [-0.05, 0) is 0 Å². The molecule has 1 unspecified atom stereocenters. The number of nitrogens with zero attached hydrogens (tertiary/aromatic N) is 3. The Morgan fingerprint density at radius 3 is 2.87 bits per heavy atom. The Hall–Kier alpha value is -1.80. The van der Waals surface area contributed by atoms with Gasteiger partial charge in [0.2, 0.25) is 0 Å². The first-order valence-electron chi connectivity index (χ1n) is 4.04. The number of aromatic nitrogens is 2. The molecule has 82 valence electrons. The summed E-state index contributed by atoms with van der Waals surface area (Å²) in [4.78, 5) is 24.0. The first-order chi connectivity index (χ1) is 7.04. The number of rotatable bonds is 4. The molecule has 8 heteroatoms. The van der Waals surface area contributed by atoms with Gasteiger partial charge in [-0.2, -0.15) is 4.98 Å². The van der Waals surface area contributed by atoms with E-state index < -0.39 is 23.3 Å². The lowest BCUT2D eigenvalue weighted by molar-refractivity contribution is -0.385. The van der Waals surface area contributed by atoms with Crippen LogP contribution in [0.3, 0.4) is 0 Å². The van der Waals surface area contributed by atoms with Crippen LogP contribution in [0.15, 0.2) is 17.2 Å². The van der Waals surface area contributed by atoms with Crippen molar-refractivity contribution in [2.45, 2.75) is 12.6 Å². The first kappa shape index (κ1) is 11.3. The maximum atomic E-state index is 11.1. The largest absolute Gasteiger partial charge is 0.394 e. The molecule has 2 N–H and O–H groups in total. The van der Waals surface area contributed by atoms with Gasteiger partial charge in [0, 0.05) is 0 Å². The van der Waals surface area contributed by atoms with Crippen LogP contribution in [0.4, 0.5) is 5.69 Å². The summed E-state index contributed by atoms with van der Waals surface area (Å²) in [6.45, 7) is -0.765. The average molecular weight is 215 g/mol. The molecule has 1 aromatic heterocycles. The average Bonchev–Trinajstić information content (AvgIpc) is 2.20. The Morgan fingerprint density at radius 2 is 2.33 bits per heavy atom. The number of hydrogen-bond acceptors (Lipinski definition) is 6. The molecule has 0 aliphatic carbocycles. The molecule has 0 radical (unpaired) electrons. The minimum absolute atomic E-state index is 0.232. The monoisotopic (exact) mass is 215 g/mol. The predicted octanol–water partition coefficient (Wildman–Crippen LogP) is -1.50. The van der Waals surface area contributed by atoms with Gasteiger partial charge in [-0.15, -0.1) is 0 Å². The zero-order valence-corrected chi connectivity index (χ0v) is 7.61. The van der Waals surface area contributed by atoms with Gasteiger partial charge >= 0.3 is 11.4 Å². The van der Waals surface area contributed by atoms with E-state index in [1.165, 1.54) is 0 Å². The third-order valence-corrected chi connectivity index (χ3v) is 1.67. The van der Waals surface area contributed by atoms with E-state index in [-0.39, 0.29) is 12.2 Å². The highest BCUT2D eigenvalue weighted by molar-refractivity contribution is 5.20. The van der Waals surface area contributed by atoms with E-state index >= 15 is 0 Å². The zero-order valence-electron chi connectivity index (χ0n) is 7.61. The number of hydrogen-bond donors (Lipinski definition) is 2. The van der Waals surface area contributed by atoms with E-state index in [2.05, 4.69) is 4.98 Å². The SMILES string of the molecule is O=c1ncc([N+](=O)[O-])cn1CC(O)CO. The van der Waals surface area contributed by atoms with Gasteiger partial charge in [-0.25, -0.2) is 4.79 Å². The molecule has 0 fully saturated rings. The minimum Gasteiger partial charge on any atom is -0.394 e. The fourth-order valence-electron chi connectivity index (χ4n) is 0.954. The second kappa shape index (κ2) is 4.62. The molecule has 8 nitrogen and oxygen atoms in total. The molecule has 1 aromatic rings. The van der Waals surface area contributed by atoms with Crippen molar-refractivity contribution in [2.24, 2.45) is 0 Å². The van der Waals surface area contributed by atoms with Crippen LogP contribution in [0.25, 0.3) is 0 Å². The number of nitro groups is 1. The van der Waals surface area contributed by atoms with Gasteiger partial charge in [-0.3, -0.25) is 14.7 Å². The van der Waals surface area contributed by atoms with Crippen molar-refractivity contribution in [2.75, 3.05) is 6.61 Å². The predicted molar refractivity (Wildman–Crippen MR) is 48.2 cm³/mol. The molecule has 0 aromatic carbocycles. The molecule has 0 saturated carbocycles. The molecule has 0 bridgehead atoms. The third kappa shape index (κ3) is 2.82. The van der Waals surface area contributed by atoms with E-state index in [1.54, 1.807) is 0 Å². The van der Waals surface area contributed by atoms with E-state index in [0.29, 0.717) is 0 Å². The molecule has 1 rings (SSSR count). The molecule has 0 aliphatic rings. The van der Waals surface area contributed by atoms with Gasteiger partial charge < -0.3 is 10.2 Å². The summed E-state index contributed by atoms with van der Waals surface area (Å²) in [5.74, 6) is 0. The third-order valence-electron chi connectivity index (χ3n) is 1.67. The van der Waals surface area contributed by atoms with Crippen molar-refractivity contribution in [3.05, 3.63) is 33.0 Å². The molecule has 0 amide bonds. The summed E-state index contributed by atoms with van der Waals surface area (Å²) in [7, 11) is 0. The lowest BCUT2D eigenvalue weighted by atomic mass is 10.4. The van der Waals surface area contributed by atoms with Gasteiger partial charge in [0.25, 0.3) is 0 Å². The molecule has 1 atom stereocenters. The Balaban J connectivity index is 3.00. The van der Waals surface area contributed by atoms with Crippen LogP contribution < -0.4 is 5.69 Å². The second-order valence-electron chi connectivity index (χ2n) is 2.84. The Bertz CT molecular complexity index is 415. The van der Waals surface area contributed by atoms with Gasteiger partial charge in [0.05, 0.1) is 30.4 Å². The Labute approximate surface area is 83.6 Å². The highest BCUT2D eigenvalue weighted by Crippen LogP contribution is 2.04. The second-order valence-corrected chi connectivity index (χ2v) is 2.84. The number of aliphatic hydroxyl groups excluding tert-OH is 2. The van der Waals surface area contributed by atoms with Gasteiger partial charge in [0.1, 0.15) is 6.20 Å². The maximum absolute atomic E-state index is 11.1. The van der Waals surface area contributed by atoms with E-state index in [4.69, 9.17) is 10.2 Å². The summed E-state index contributed by atoms with van der Waals surface area (Å²) in [5.41, 5.74) is -1.06. The van der Waals surface area contributed by atoms with Crippen molar-refractivity contribution in [1.82, 2.24) is 9.55 Å². The fourth-order valence-corrected chi connectivity index (χ4v) is 0.954. The Morgan fingerprint density at radius 1 is 1.67 bits per heavy atom. The molecule has 1 heterocycles. The highest BCUT2D eigenvalue weighted by Gasteiger charge is 2.11. The van der Waals surface area contributed by atoms with Crippen molar-refractivity contribution in [3.63, 3.8) is 0 Å². The van der Waals surface area contributed by atoms with E-state index in [9.17, 15) is 14.9 Å². The van der Waals surface area contributed by atoms with Crippen LogP contribution in [0.1, 0.15) is 0 Å². The first-order valence-corrected chi connectivity index (χ1v) is 4.04. The van der Waals surface area contributed by atoms with Crippen LogP contribution in [0, 0.1) is 10.1 Å². The smallest absolute Gasteiger partial charge is 0.348 e. The Kier molecular flexibility index (Phi) is 3.47. The van der Waals surface area contributed by atoms with Gasteiger partial charge in [0.15, 0.2) is 0 Å². The van der Waals surface area contributed by atoms with Crippen LogP contribution >= 0.6 is 0 Å². The molecule has 0 aliphatic heterocycles. The zero-order chi connectivity index (χ0) is 11.4. The molecule has 15 heavy (non-hydrogen) atoms. The minimum atomic E-state index is -1.15. The lowest BCUT2D eigenvalue weighted by Crippen LogP contribution is -2.29. The molecule has 0 saturated heterocycles. The van der Waals surface area contributed by atoms with Crippen molar-refractivity contribution >= 4 is 5.69 Å². The van der Waals surface area contributed by atoms with Crippen LogP contribution in [-0.4, -0.2) is 37.4 Å². The summed E-state index contributed by atoms with van der Waals surface area (Å²) in [5, 5.41) is 28.0. The van der Waals surface area contributed by atoms with E-state index in [1.807, 2.05) is 0 Å². The molecular weight excluding hydrogens is 206 g/mol. The van der Waals surface area contributed by atoms with E-state index in [0.717, 1.165) is 17.0 Å². The summed E-state index contributed by atoms with van der Waals surface area (Å²) in [6.07, 6.45) is 0.657. The quantitative estimate of drug-likeness (QED) is 0.466. The van der Waals surface area contributed by atoms with Gasteiger partial charge in [-0.1, -0.05) is 0 Å². The summed E-state index contributed by atoms with van der Waals surface area (Å²) >= 11 is 0. The standard InChI is InChI=1S/C7H9N3O5/c11-4-6(12)3-9-2-5(10(14)15)1-8-7(9)13/h1-2,6,11-12H,3-4H2. The lowest BCUT2D eigenvalue weighted by Gasteiger charge is -2.08.